The lowest BCUT2D eigenvalue weighted by atomic mass is 10.0. The van der Waals surface area contributed by atoms with Crippen LogP contribution in [0.15, 0.2) is 0 Å². The molecule has 1 fully saturated rings. The van der Waals surface area contributed by atoms with E-state index in [0.29, 0.717) is 11.2 Å². The second-order valence-corrected chi connectivity index (χ2v) is 5.87. The van der Waals surface area contributed by atoms with Gasteiger partial charge >= 0.3 is 0 Å². The van der Waals surface area contributed by atoms with E-state index in [-0.39, 0.29) is 0 Å². The van der Waals surface area contributed by atoms with Crippen molar-refractivity contribution < 1.29 is 0 Å². The number of aryl methyl sites for hydroxylation is 1. The third kappa shape index (κ3) is 3.23. The summed E-state index contributed by atoms with van der Waals surface area (Å²) in [5.41, 5.74) is 0.990. The van der Waals surface area contributed by atoms with Crippen molar-refractivity contribution in [3.05, 3.63) is 16.5 Å². The van der Waals surface area contributed by atoms with Crippen LogP contribution < -0.4 is 4.90 Å². The summed E-state index contributed by atoms with van der Waals surface area (Å²) < 4.78 is 0. The van der Waals surface area contributed by atoms with Crippen LogP contribution in [0.4, 0.5) is 5.82 Å². The maximum atomic E-state index is 6.24. The van der Waals surface area contributed by atoms with Gasteiger partial charge in [-0.1, -0.05) is 25.4 Å². The second-order valence-electron chi connectivity index (χ2n) is 5.51. The highest BCUT2D eigenvalue weighted by molar-refractivity contribution is 6.30. The number of nitrogens with zero attached hydrogens (tertiary/aromatic N) is 4. The van der Waals surface area contributed by atoms with Crippen LogP contribution in [0.2, 0.25) is 5.15 Å². The molecule has 0 bridgehead atoms. The summed E-state index contributed by atoms with van der Waals surface area (Å²) in [7, 11) is 2.14. The third-order valence-corrected chi connectivity index (χ3v) is 4.68. The highest BCUT2D eigenvalue weighted by Gasteiger charge is 2.24. The molecule has 0 unspecified atom stereocenters. The van der Waals surface area contributed by atoms with Crippen molar-refractivity contribution >= 4 is 17.4 Å². The number of likely N-dealkylation sites (tertiary alicyclic amines) is 1. The molecule has 0 atom stereocenters. The van der Waals surface area contributed by atoms with Gasteiger partial charge in [0.15, 0.2) is 0 Å². The lowest BCUT2D eigenvalue weighted by molar-refractivity contribution is 0.220. The van der Waals surface area contributed by atoms with E-state index in [9.17, 15) is 0 Å². The predicted octanol–water partition coefficient (Wildman–Crippen LogP) is 2.92. The second kappa shape index (κ2) is 6.72. The average molecular weight is 297 g/mol. The fourth-order valence-electron chi connectivity index (χ4n) is 2.82. The Balaban J connectivity index is 2.17. The van der Waals surface area contributed by atoms with Gasteiger partial charge in [0.05, 0.1) is 0 Å². The number of hydrogen-bond donors (Lipinski definition) is 0. The van der Waals surface area contributed by atoms with Crippen molar-refractivity contribution in [1.82, 2.24) is 14.9 Å². The summed E-state index contributed by atoms with van der Waals surface area (Å²) in [6.07, 6.45) is 3.19. The fraction of sp³-hybridized carbons (Fsp3) is 0.733. The summed E-state index contributed by atoms with van der Waals surface area (Å²) in [5, 5.41) is 0.588. The van der Waals surface area contributed by atoms with E-state index in [1.807, 2.05) is 6.92 Å². The lowest BCUT2D eigenvalue weighted by Crippen LogP contribution is -2.43. The smallest absolute Gasteiger partial charge is 0.137 e. The van der Waals surface area contributed by atoms with E-state index in [1.165, 1.54) is 25.9 Å². The summed E-state index contributed by atoms with van der Waals surface area (Å²) in [6.45, 7) is 9.79. The molecule has 1 aliphatic heterocycles. The molecule has 0 radical (unpaired) electrons. The highest BCUT2D eigenvalue weighted by atomic mass is 35.5. The first-order valence-corrected chi connectivity index (χ1v) is 7.92. The Kier molecular flexibility index (Phi) is 5.22. The Morgan fingerprint density at radius 2 is 1.90 bits per heavy atom. The van der Waals surface area contributed by atoms with Crippen molar-refractivity contribution in [2.24, 2.45) is 0 Å². The molecule has 0 aromatic carbocycles. The first-order valence-electron chi connectivity index (χ1n) is 7.55. The number of halogens is 1. The van der Waals surface area contributed by atoms with Crippen LogP contribution >= 0.6 is 11.6 Å². The van der Waals surface area contributed by atoms with Crippen molar-refractivity contribution in [3.8, 4) is 0 Å². The Morgan fingerprint density at radius 1 is 1.25 bits per heavy atom. The zero-order chi connectivity index (χ0) is 14.7. The molecule has 0 saturated carbocycles. The Bertz CT molecular complexity index is 455. The van der Waals surface area contributed by atoms with Gasteiger partial charge in [-0.05, 0) is 26.3 Å². The monoisotopic (exact) mass is 296 g/mol. The Hall–Kier alpha value is -0.870. The third-order valence-electron chi connectivity index (χ3n) is 4.31. The number of hydrogen-bond acceptors (Lipinski definition) is 4. The van der Waals surface area contributed by atoms with Gasteiger partial charge in [0, 0.05) is 38.2 Å². The molecule has 20 heavy (non-hydrogen) atoms. The standard InChI is InChI=1S/C15H25ClN4/c1-5-13-17-14(16)11(3)15(18-13)19(4)12-7-9-20(6-2)10-8-12/h12H,5-10H2,1-4H3. The minimum Gasteiger partial charge on any atom is -0.356 e. The molecule has 5 heteroatoms. The van der Waals surface area contributed by atoms with Crippen LogP contribution in [0.1, 0.15) is 38.1 Å². The Labute approximate surface area is 127 Å². The topological polar surface area (TPSA) is 32.3 Å². The molecule has 0 spiro atoms. The number of anilines is 1. The minimum atomic E-state index is 0.548. The largest absolute Gasteiger partial charge is 0.356 e. The summed E-state index contributed by atoms with van der Waals surface area (Å²) in [6, 6.07) is 0.548. The first kappa shape index (κ1) is 15.5. The molecule has 1 aromatic rings. The number of rotatable bonds is 4. The summed E-state index contributed by atoms with van der Waals surface area (Å²) in [4.78, 5) is 13.8. The molecule has 1 aromatic heterocycles. The fourth-order valence-corrected chi connectivity index (χ4v) is 3.00. The molecular formula is C15H25ClN4. The van der Waals surface area contributed by atoms with Crippen molar-refractivity contribution in [1.29, 1.82) is 0 Å². The number of piperidine rings is 1. The van der Waals surface area contributed by atoms with Crippen LogP contribution in [0.5, 0.6) is 0 Å². The van der Waals surface area contributed by atoms with Gasteiger partial charge in [-0.3, -0.25) is 0 Å². The molecule has 112 valence electrons. The normalized spacial score (nSPS) is 17.4. The lowest BCUT2D eigenvalue weighted by Gasteiger charge is -2.37. The van der Waals surface area contributed by atoms with E-state index in [4.69, 9.17) is 11.6 Å². The molecule has 2 heterocycles. The summed E-state index contributed by atoms with van der Waals surface area (Å²) >= 11 is 6.24. The van der Waals surface area contributed by atoms with E-state index >= 15 is 0 Å². The zero-order valence-electron chi connectivity index (χ0n) is 13.0. The van der Waals surface area contributed by atoms with Crippen LogP contribution in [0, 0.1) is 6.92 Å². The number of aromatic nitrogens is 2. The van der Waals surface area contributed by atoms with Crippen molar-refractivity contribution in [3.63, 3.8) is 0 Å². The maximum absolute atomic E-state index is 6.24. The van der Waals surface area contributed by atoms with Crippen LogP contribution in [0.3, 0.4) is 0 Å². The zero-order valence-corrected chi connectivity index (χ0v) is 13.7. The molecule has 1 saturated heterocycles. The van der Waals surface area contributed by atoms with Crippen molar-refractivity contribution in [2.45, 2.75) is 46.1 Å². The molecule has 0 aliphatic carbocycles. The van der Waals surface area contributed by atoms with Gasteiger partial charge in [0.2, 0.25) is 0 Å². The van der Waals surface area contributed by atoms with Crippen molar-refractivity contribution in [2.75, 3.05) is 31.6 Å². The van der Waals surface area contributed by atoms with E-state index in [2.05, 4.69) is 40.7 Å². The van der Waals surface area contributed by atoms with Crippen LogP contribution in [-0.4, -0.2) is 47.6 Å². The van der Waals surface area contributed by atoms with Gasteiger partial charge in [0.1, 0.15) is 16.8 Å². The van der Waals surface area contributed by atoms with Gasteiger partial charge in [0.25, 0.3) is 0 Å². The molecule has 0 amide bonds. The van der Waals surface area contributed by atoms with E-state index in [1.54, 1.807) is 0 Å². The van der Waals surface area contributed by atoms with Gasteiger partial charge < -0.3 is 9.80 Å². The van der Waals surface area contributed by atoms with Crippen LogP contribution in [0.25, 0.3) is 0 Å². The average Bonchev–Trinajstić information content (AvgIpc) is 2.49. The Morgan fingerprint density at radius 3 is 2.45 bits per heavy atom. The predicted molar refractivity (Wildman–Crippen MR) is 84.7 cm³/mol. The van der Waals surface area contributed by atoms with E-state index in [0.717, 1.165) is 30.2 Å². The minimum absolute atomic E-state index is 0.548. The van der Waals surface area contributed by atoms with Gasteiger partial charge in [-0.15, -0.1) is 0 Å². The molecular weight excluding hydrogens is 272 g/mol. The maximum Gasteiger partial charge on any atom is 0.137 e. The highest BCUT2D eigenvalue weighted by Crippen LogP contribution is 2.27. The SMILES string of the molecule is CCc1nc(Cl)c(C)c(N(C)C2CCN(CC)CC2)n1. The molecule has 1 aliphatic rings. The summed E-state index contributed by atoms with van der Waals surface area (Å²) in [5.74, 6) is 1.82. The van der Waals surface area contributed by atoms with Gasteiger partial charge in [-0.25, -0.2) is 9.97 Å². The first-order chi connectivity index (χ1) is 9.56. The van der Waals surface area contributed by atoms with Crippen LogP contribution in [-0.2, 0) is 6.42 Å². The molecule has 4 nitrogen and oxygen atoms in total. The molecule has 0 N–H and O–H groups in total. The quantitative estimate of drug-likeness (QED) is 0.800. The molecule has 2 rings (SSSR count). The van der Waals surface area contributed by atoms with E-state index < -0.39 is 0 Å². The van der Waals surface area contributed by atoms with Gasteiger partial charge in [-0.2, -0.15) is 0 Å².